The third kappa shape index (κ3) is 11.0. The van der Waals surface area contributed by atoms with Crippen LogP contribution in [-0.2, 0) is 20.7 Å². The molecule has 1 aromatic rings. The first kappa shape index (κ1) is 23.4. The second-order valence-corrected chi connectivity index (χ2v) is 15.0. The van der Waals surface area contributed by atoms with Gasteiger partial charge in [0.15, 0.2) is 0 Å². The standard InChI is InChI=1S/C17H27NOSi.C5H10O2/c1-20(2,3)14-17(19)13-15-7-9-16(10-8-15)18-11-5-4-6-12-18;1-5(2,3)7-4-6/h7-10H,4-6,11-14H2,1-3H3;4H,1-3H3. The summed E-state index contributed by atoms with van der Waals surface area (Å²) in [6.07, 6.45) is 4.57. The van der Waals surface area contributed by atoms with Crippen LogP contribution in [-0.4, -0.2) is 39.0 Å². The Morgan fingerprint density at radius 1 is 1.07 bits per heavy atom. The van der Waals surface area contributed by atoms with Crippen LogP contribution in [0.4, 0.5) is 5.69 Å². The molecular formula is C22H37NO3Si. The smallest absolute Gasteiger partial charge is 0.293 e. The monoisotopic (exact) mass is 391 g/mol. The maximum absolute atomic E-state index is 12.0. The van der Waals surface area contributed by atoms with E-state index < -0.39 is 8.07 Å². The number of ether oxygens (including phenoxy) is 1. The molecule has 152 valence electrons. The van der Waals surface area contributed by atoms with Crippen LogP contribution >= 0.6 is 0 Å². The molecule has 0 saturated carbocycles. The normalized spacial score (nSPS) is 14.8. The Morgan fingerprint density at radius 3 is 2.04 bits per heavy atom. The van der Waals surface area contributed by atoms with Gasteiger partial charge in [0.25, 0.3) is 6.47 Å². The van der Waals surface area contributed by atoms with Gasteiger partial charge in [-0.15, -0.1) is 0 Å². The number of nitrogens with zero attached hydrogens (tertiary/aromatic N) is 1. The lowest BCUT2D eigenvalue weighted by molar-refractivity contribution is -0.138. The first-order valence-electron chi connectivity index (χ1n) is 9.97. The van der Waals surface area contributed by atoms with Gasteiger partial charge in [0.1, 0.15) is 11.4 Å². The third-order valence-electron chi connectivity index (χ3n) is 4.19. The molecule has 0 aliphatic carbocycles. The number of benzene rings is 1. The van der Waals surface area contributed by atoms with Gasteiger partial charge in [-0.25, -0.2) is 0 Å². The number of anilines is 1. The summed E-state index contributed by atoms with van der Waals surface area (Å²) in [5.41, 5.74) is 2.15. The van der Waals surface area contributed by atoms with Crippen molar-refractivity contribution < 1.29 is 14.3 Å². The number of hydrogen-bond acceptors (Lipinski definition) is 4. The molecule has 1 fully saturated rings. The third-order valence-corrected chi connectivity index (χ3v) is 5.64. The van der Waals surface area contributed by atoms with Crippen molar-refractivity contribution in [1.29, 1.82) is 0 Å². The molecule has 2 rings (SSSR count). The molecule has 0 aromatic heterocycles. The van der Waals surface area contributed by atoms with Gasteiger partial charge >= 0.3 is 0 Å². The van der Waals surface area contributed by atoms with Crippen molar-refractivity contribution in [2.75, 3.05) is 18.0 Å². The molecule has 1 aliphatic rings. The second-order valence-electron chi connectivity index (χ2n) is 9.49. The van der Waals surface area contributed by atoms with E-state index in [0.29, 0.717) is 18.7 Å². The summed E-state index contributed by atoms with van der Waals surface area (Å²) in [5, 5.41) is 0. The zero-order chi connectivity index (χ0) is 20.5. The summed E-state index contributed by atoms with van der Waals surface area (Å²) in [4.78, 5) is 24.1. The van der Waals surface area contributed by atoms with Crippen molar-refractivity contribution in [2.24, 2.45) is 0 Å². The molecule has 0 bridgehead atoms. The van der Waals surface area contributed by atoms with E-state index in [4.69, 9.17) is 0 Å². The maximum Gasteiger partial charge on any atom is 0.293 e. The quantitative estimate of drug-likeness (QED) is 0.501. The summed E-state index contributed by atoms with van der Waals surface area (Å²) in [5.74, 6) is 0.398. The lowest BCUT2D eigenvalue weighted by atomic mass is 10.1. The van der Waals surface area contributed by atoms with Crippen molar-refractivity contribution in [3.05, 3.63) is 29.8 Å². The van der Waals surface area contributed by atoms with E-state index >= 15 is 0 Å². The number of Topliss-reactive ketones (excluding diaryl/α,β-unsaturated/α-hetero) is 1. The fourth-order valence-electron chi connectivity index (χ4n) is 3.00. The van der Waals surface area contributed by atoms with Crippen LogP contribution < -0.4 is 4.90 Å². The maximum atomic E-state index is 12.0. The number of piperidine rings is 1. The Balaban J connectivity index is 0.000000445. The Hall–Kier alpha value is -1.62. The highest BCUT2D eigenvalue weighted by Crippen LogP contribution is 2.21. The van der Waals surface area contributed by atoms with E-state index in [9.17, 15) is 9.59 Å². The second kappa shape index (κ2) is 10.6. The van der Waals surface area contributed by atoms with Gasteiger partial charge in [-0.05, 0) is 57.7 Å². The van der Waals surface area contributed by atoms with Crippen LogP contribution in [0.3, 0.4) is 0 Å². The van der Waals surface area contributed by atoms with Crippen LogP contribution in [0.25, 0.3) is 0 Å². The molecule has 1 saturated heterocycles. The largest absolute Gasteiger partial charge is 0.462 e. The average molecular weight is 392 g/mol. The number of carbonyl (C=O) groups is 2. The van der Waals surface area contributed by atoms with Crippen LogP contribution in [0.5, 0.6) is 0 Å². The van der Waals surface area contributed by atoms with Crippen LogP contribution in [0.1, 0.15) is 45.6 Å². The van der Waals surface area contributed by atoms with Crippen LogP contribution in [0.2, 0.25) is 25.7 Å². The van der Waals surface area contributed by atoms with Gasteiger partial charge in [0.2, 0.25) is 0 Å². The minimum absolute atomic E-state index is 0.318. The molecule has 0 spiro atoms. The topological polar surface area (TPSA) is 46.6 Å². The van der Waals surface area contributed by atoms with Crippen LogP contribution in [0.15, 0.2) is 24.3 Å². The molecule has 1 heterocycles. The van der Waals surface area contributed by atoms with Crippen LogP contribution in [0, 0.1) is 0 Å². The van der Waals surface area contributed by atoms with Gasteiger partial charge < -0.3 is 9.64 Å². The summed E-state index contributed by atoms with van der Waals surface area (Å²) < 4.78 is 4.55. The minimum atomic E-state index is -1.27. The van der Waals surface area contributed by atoms with Gasteiger partial charge in [0, 0.05) is 31.2 Å². The molecule has 0 radical (unpaired) electrons. The fourth-order valence-corrected chi connectivity index (χ4v) is 4.31. The first-order valence-corrected chi connectivity index (χ1v) is 13.7. The van der Waals surface area contributed by atoms with Gasteiger partial charge in [-0.1, -0.05) is 31.8 Å². The number of hydrogen-bond donors (Lipinski definition) is 0. The minimum Gasteiger partial charge on any atom is -0.462 e. The highest BCUT2D eigenvalue weighted by molar-refractivity contribution is 6.78. The zero-order valence-corrected chi connectivity index (χ0v) is 19.0. The first-order chi connectivity index (χ1) is 12.5. The molecule has 0 amide bonds. The zero-order valence-electron chi connectivity index (χ0n) is 18.0. The van der Waals surface area contributed by atoms with E-state index in [0.717, 1.165) is 11.6 Å². The number of ketones is 1. The Morgan fingerprint density at radius 2 is 1.63 bits per heavy atom. The van der Waals surface area contributed by atoms with E-state index in [2.05, 4.69) is 53.5 Å². The summed E-state index contributed by atoms with van der Waals surface area (Å²) in [6.45, 7) is 15.0. The summed E-state index contributed by atoms with van der Waals surface area (Å²) in [6, 6.07) is 9.42. The summed E-state index contributed by atoms with van der Waals surface area (Å²) in [7, 11) is -1.27. The highest BCUT2D eigenvalue weighted by atomic mass is 28.3. The Bertz CT molecular complexity index is 579. The highest BCUT2D eigenvalue weighted by Gasteiger charge is 2.18. The fraction of sp³-hybridized carbons (Fsp3) is 0.636. The molecule has 0 N–H and O–H groups in total. The predicted molar refractivity (Wildman–Crippen MR) is 116 cm³/mol. The van der Waals surface area contributed by atoms with E-state index in [-0.39, 0.29) is 5.60 Å². The SMILES string of the molecule is CC(C)(C)OC=O.C[Si](C)(C)CC(=O)Cc1ccc(N2CCCCC2)cc1. The molecule has 4 nitrogen and oxygen atoms in total. The van der Waals surface area contributed by atoms with E-state index in [1.807, 2.05) is 20.8 Å². The average Bonchev–Trinajstić information content (AvgIpc) is 2.54. The lowest BCUT2D eigenvalue weighted by Crippen LogP contribution is -2.29. The summed E-state index contributed by atoms with van der Waals surface area (Å²) >= 11 is 0. The molecule has 5 heteroatoms. The van der Waals surface area contributed by atoms with E-state index in [1.165, 1.54) is 38.0 Å². The van der Waals surface area contributed by atoms with Crippen molar-refractivity contribution >= 4 is 26.0 Å². The van der Waals surface area contributed by atoms with Gasteiger partial charge in [-0.3, -0.25) is 9.59 Å². The Labute approximate surface area is 166 Å². The Kier molecular flexibility index (Phi) is 9.23. The van der Waals surface area contributed by atoms with Crippen molar-refractivity contribution in [3.8, 4) is 0 Å². The molecule has 1 aliphatic heterocycles. The van der Waals surface area contributed by atoms with Gasteiger partial charge in [0.05, 0.1) is 8.07 Å². The lowest BCUT2D eigenvalue weighted by Gasteiger charge is -2.28. The molecular weight excluding hydrogens is 354 g/mol. The van der Waals surface area contributed by atoms with Crippen molar-refractivity contribution in [1.82, 2.24) is 0 Å². The molecule has 0 atom stereocenters. The predicted octanol–water partition coefficient (Wildman–Crippen LogP) is 5.08. The molecule has 27 heavy (non-hydrogen) atoms. The molecule has 1 aromatic carbocycles. The van der Waals surface area contributed by atoms with Crippen molar-refractivity contribution in [2.45, 2.75) is 77.7 Å². The van der Waals surface area contributed by atoms with Crippen molar-refractivity contribution in [3.63, 3.8) is 0 Å². The van der Waals surface area contributed by atoms with Gasteiger partial charge in [-0.2, -0.15) is 0 Å². The number of carbonyl (C=O) groups excluding carboxylic acids is 2. The van der Waals surface area contributed by atoms with E-state index in [1.54, 1.807) is 0 Å². The number of rotatable bonds is 6. The molecule has 0 unspecified atom stereocenters.